The van der Waals surface area contributed by atoms with Crippen molar-refractivity contribution in [3.05, 3.63) is 46.1 Å². The summed E-state index contributed by atoms with van der Waals surface area (Å²) in [7, 11) is 1.34. The van der Waals surface area contributed by atoms with Crippen LogP contribution in [-0.2, 0) is 22.5 Å². The zero-order chi connectivity index (χ0) is 20.1. The zero-order valence-electron chi connectivity index (χ0n) is 16.3. The normalized spacial score (nSPS) is 13.2. The predicted octanol–water partition coefficient (Wildman–Crippen LogP) is 3.88. The van der Waals surface area contributed by atoms with Crippen LogP contribution in [0.4, 0.5) is 9.39 Å². The minimum Gasteiger partial charge on any atom is -0.484 e. The molecule has 3 rings (SSSR count). The van der Waals surface area contributed by atoms with Gasteiger partial charge in [0.25, 0.3) is 5.91 Å². The van der Waals surface area contributed by atoms with Crippen LogP contribution >= 0.6 is 23.7 Å². The highest BCUT2D eigenvalue weighted by molar-refractivity contribution is 7.17. The topological polar surface area (TPSA) is 67.9 Å². The molecule has 9 heteroatoms. The number of methoxy groups -OCH3 is 1. The molecule has 29 heavy (non-hydrogen) atoms. The molecule has 1 aliphatic heterocycles. The molecule has 0 unspecified atom stereocenters. The highest BCUT2D eigenvalue weighted by Crippen LogP contribution is 2.37. The SMILES string of the molecule is CCCN1CCc2c(sc(NC(=O)COc3ccc(F)cc3)c2C(=O)OC)C1.Cl. The maximum atomic E-state index is 12.9. The summed E-state index contributed by atoms with van der Waals surface area (Å²) < 4.78 is 23.2. The Morgan fingerprint density at radius 1 is 1.28 bits per heavy atom. The lowest BCUT2D eigenvalue weighted by Crippen LogP contribution is -2.30. The molecule has 2 heterocycles. The van der Waals surface area contributed by atoms with Gasteiger partial charge >= 0.3 is 5.97 Å². The van der Waals surface area contributed by atoms with Crippen LogP contribution in [0.1, 0.15) is 34.1 Å². The van der Waals surface area contributed by atoms with Crippen molar-refractivity contribution in [3.63, 3.8) is 0 Å². The fourth-order valence-electron chi connectivity index (χ4n) is 3.21. The van der Waals surface area contributed by atoms with Crippen molar-refractivity contribution in [2.45, 2.75) is 26.3 Å². The summed E-state index contributed by atoms with van der Waals surface area (Å²) in [6.45, 7) is 4.54. The number of anilines is 1. The van der Waals surface area contributed by atoms with Gasteiger partial charge in [0.05, 0.1) is 12.7 Å². The molecule has 1 aliphatic rings. The quantitative estimate of drug-likeness (QED) is 0.659. The Labute approximate surface area is 179 Å². The van der Waals surface area contributed by atoms with Crippen molar-refractivity contribution in [2.75, 3.05) is 32.1 Å². The van der Waals surface area contributed by atoms with E-state index in [1.807, 2.05) is 0 Å². The number of thiophene rings is 1. The number of halogens is 2. The van der Waals surface area contributed by atoms with Crippen LogP contribution in [0, 0.1) is 5.82 Å². The highest BCUT2D eigenvalue weighted by Gasteiger charge is 2.29. The largest absolute Gasteiger partial charge is 0.484 e. The summed E-state index contributed by atoms with van der Waals surface area (Å²) in [6, 6.07) is 5.43. The molecule has 1 aromatic carbocycles. The number of ether oxygens (including phenoxy) is 2. The van der Waals surface area contributed by atoms with Gasteiger partial charge in [-0.05, 0) is 49.2 Å². The molecule has 1 aromatic heterocycles. The molecular weight excluding hydrogens is 419 g/mol. The number of nitrogens with one attached hydrogen (secondary N) is 1. The van der Waals surface area contributed by atoms with Crippen LogP contribution in [0.25, 0.3) is 0 Å². The summed E-state index contributed by atoms with van der Waals surface area (Å²) in [5, 5.41) is 3.26. The van der Waals surface area contributed by atoms with Crippen molar-refractivity contribution in [2.24, 2.45) is 0 Å². The first-order valence-corrected chi connectivity index (χ1v) is 9.96. The second kappa shape index (κ2) is 10.6. The van der Waals surface area contributed by atoms with Gasteiger partial charge in [0.2, 0.25) is 0 Å². The summed E-state index contributed by atoms with van der Waals surface area (Å²) in [4.78, 5) is 28.1. The Balaban J connectivity index is 0.00000300. The summed E-state index contributed by atoms with van der Waals surface area (Å²) in [6.07, 6.45) is 1.81. The number of amides is 1. The van der Waals surface area contributed by atoms with E-state index < -0.39 is 11.9 Å². The van der Waals surface area contributed by atoms with Crippen LogP contribution in [-0.4, -0.2) is 43.6 Å². The summed E-state index contributed by atoms with van der Waals surface area (Å²) >= 11 is 1.41. The number of rotatable bonds is 7. The summed E-state index contributed by atoms with van der Waals surface area (Å²) in [5.41, 5.74) is 1.40. The molecule has 0 saturated heterocycles. The fourth-order valence-corrected chi connectivity index (χ4v) is 4.51. The minimum atomic E-state index is -0.448. The van der Waals surface area contributed by atoms with Crippen LogP contribution in [0.5, 0.6) is 5.75 Å². The number of benzene rings is 1. The van der Waals surface area contributed by atoms with Gasteiger partial charge in [0, 0.05) is 18.0 Å². The molecule has 1 amide bonds. The van der Waals surface area contributed by atoms with Gasteiger partial charge < -0.3 is 14.8 Å². The first kappa shape index (κ1) is 23.1. The van der Waals surface area contributed by atoms with Crippen molar-refractivity contribution in [1.82, 2.24) is 4.90 Å². The van der Waals surface area contributed by atoms with E-state index >= 15 is 0 Å². The summed E-state index contributed by atoms with van der Waals surface area (Å²) in [5.74, 6) is -0.819. The number of esters is 1. The Kier molecular flexibility index (Phi) is 8.43. The number of hydrogen-bond donors (Lipinski definition) is 1. The van der Waals surface area contributed by atoms with Gasteiger partial charge in [-0.2, -0.15) is 0 Å². The van der Waals surface area contributed by atoms with Crippen molar-refractivity contribution in [3.8, 4) is 5.75 Å². The maximum Gasteiger partial charge on any atom is 0.341 e. The molecule has 158 valence electrons. The van der Waals surface area contributed by atoms with Crippen LogP contribution < -0.4 is 10.1 Å². The standard InChI is InChI=1S/C20H23FN2O4S.ClH/c1-3-9-23-10-8-15-16(11-23)28-19(18(15)20(25)26-2)22-17(24)12-27-14-6-4-13(21)5-7-14;/h4-7H,3,8-12H2,1-2H3,(H,22,24);1H. The second-order valence-electron chi connectivity index (χ2n) is 6.52. The molecule has 0 saturated carbocycles. The minimum absolute atomic E-state index is 0. The third kappa shape index (κ3) is 5.68. The van der Waals surface area contributed by atoms with Crippen LogP contribution in [0.3, 0.4) is 0 Å². The molecule has 0 aliphatic carbocycles. The maximum absolute atomic E-state index is 12.9. The van der Waals surface area contributed by atoms with Crippen LogP contribution in [0.15, 0.2) is 24.3 Å². The monoisotopic (exact) mass is 442 g/mol. The average molecular weight is 443 g/mol. The molecule has 0 spiro atoms. The van der Waals surface area contributed by atoms with Gasteiger partial charge in [-0.15, -0.1) is 23.7 Å². The molecule has 2 aromatic rings. The number of nitrogens with zero attached hydrogens (tertiary/aromatic N) is 1. The van der Waals surface area contributed by atoms with Gasteiger partial charge in [-0.1, -0.05) is 6.92 Å². The van der Waals surface area contributed by atoms with E-state index in [4.69, 9.17) is 9.47 Å². The van der Waals surface area contributed by atoms with Gasteiger partial charge in [-0.25, -0.2) is 9.18 Å². The number of hydrogen-bond acceptors (Lipinski definition) is 6. The lowest BCUT2D eigenvalue weighted by atomic mass is 10.0. The van der Waals surface area contributed by atoms with Crippen molar-refractivity contribution in [1.29, 1.82) is 0 Å². The third-order valence-electron chi connectivity index (χ3n) is 4.50. The van der Waals surface area contributed by atoms with Gasteiger partial charge in [0.15, 0.2) is 6.61 Å². The lowest BCUT2D eigenvalue weighted by molar-refractivity contribution is -0.118. The molecular formula is C20H24ClFN2O4S. The predicted molar refractivity (Wildman–Crippen MR) is 113 cm³/mol. The number of carbonyl (C=O) groups is 2. The van der Waals surface area contributed by atoms with E-state index in [2.05, 4.69) is 17.1 Å². The molecule has 6 nitrogen and oxygen atoms in total. The fraction of sp³-hybridized carbons (Fsp3) is 0.400. The first-order valence-electron chi connectivity index (χ1n) is 9.15. The van der Waals surface area contributed by atoms with Crippen LogP contribution in [0.2, 0.25) is 0 Å². The average Bonchev–Trinajstić information content (AvgIpc) is 3.04. The molecule has 1 N–H and O–H groups in total. The Bertz CT molecular complexity index is 857. The van der Waals surface area contributed by atoms with Gasteiger partial charge in [-0.3, -0.25) is 9.69 Å². The lowest BCUT2D eigenvalue weighted by Gasteiger charge is -2.26. The smallest absolute Gasteiger partial charge is 0.341 e. The third-order valence-corrected chi connectivity index (χ3v) is 5.63. The number of carbonyl (C=O) groups excluding carboxylic acids is 2. The zero-order valence-corrected chi connectivity index (χ0v) is 18.0. The molecule has 0 radical (unpaired) electrons. The van der Waals surface area contributed by atoms with E-state index in [1.165, 1.54) is 42.7 Å². The first-order chi connectivity index (χ1) is 13.5. The van der Waals surface area contributed by atoms with Crippen molar-refractivity contribution < 1.29 is 23.5 Å². The molecule has 0 fully saturated rings. The van der Waals surface area contributed by atoms with E-state index in [0.29, 0.717) is 16.3 Å². The second-order valence-corrected chi connectivity index (χ2v) is 7.62. The van der Waals surface area contributed by atoms with Gasteiger partial charge in [0.1, 0.15) is 16.6 Å². The van der Waals surface area contributed by atoms with E-state index in [0.717, 1.165) is 42.9 Å². The molecule has 0 bridgehead atoms. The number of fused-ring (bicyclic) bond motifs is 1. The Hall–Kier alpha value is -2.16. The Morgan fingerprint density at radius 2 is 2.00 bits per heavy atom. The van der Waals surface area contributed by atoms with Crippen molar-refractivity contribution >= 4 is 40.6 Å². The van der Waals surface area contributed by atoms with E-state index in [-0.39, 0.29) is 24.8 Å². The van der Waals surface area contributed by atoms with E-state index in [1.54, 1.807) is 0 Å². The Morgan fingerprint density at radius 3 is 2.66 bits per heavy atom. The highest BCUT2D eigenvalue weighted by atomic mass is 35.5. The molecule has 0 atom stereocenters. The van der Waals surface area contributed by atoms with E-state index in [9.17, 15) is 14.0 Å².